The average Bonchev–Trinajstić information content (AvgIpc) is 3.17. The molecule has 0 aliphatic carbocycles. The lowest BCUT2D eigenvalue weighted by Crippen LogP contribution is -2.45. The normalized spacial score (nSPS) is 11.5. The monoisotopic (exact) mass is 357 g/mol. The molecule has 25 heavy (non-hydrogen) atoms. The Morgan fingerprint density at radius 3 is 2.64 bits per heavy atom. The number of thiazole rings is 1. The van der Waals surface area contributed by atoms with Crippen molar-refractivity contribution in [2.45, 2.75) is 26.3 Å². The van der Waals surface area contributed by atoms with Gasteiger partial charge in [0.25, 0.3) is 5.91 Å². The molecule has 2 N–H and O–H groups in total. The molecule has 2 aromatic heterocycles. The molecule has 0 unspecified atom stereocenters. The minimum Gasteiger partial charge on any atom is -0.448 e. The fourth-order valence-electron chi connectivity index (χ4n) is 2.26. The Kier molecular flexibility index (Phi) is 4.59. The van der Waals surface area contributed by atoms with E-state index in [0.717, 1.165) is 10.2 Å². The van der Waals surface area contributed by atoms with Crippen LogP contribution in [0.4, 0.5) is 0 Å². The van der Waals surface area contributed by atoms with Gasteiger partial charge in [-0.25, -0.2) is 4.98 Å². The quantitative estimate of drug-likeness (QED) is 0.751. The summed E-state index contributed by atoms with van der Waals surface area (Å²) in [5.41, 5.74) is 0.552. The highest BCUT2D eigenvalue weighted by Gasteiger charge is 2.17. The van der Waals surface area contributed by atoms with Crippen molar-refractivity contribution in [3.8, 4) is 10.8 Å². The van der Waals surface area contributed by atoms with Crippen molar-refractivity contribution in [3.05, 3.63) is 42.2 Å². The van der Waals surface area contributed by atoms with Crippen molar-refractivity contribution < 1.29 is 14.0 Å². The number of carbonyl (C=O) groups excluding carboxylic acids is 2. The van der Waals surface area contributed by atoms with Crippen LogP contribution in [0, 0.1) is 0 Å². The smallest absolute Gasteiger partial charge is 0.287 e. The van der Waals surface area contributed by atoms with Gasteiger partial charge >= 0.3 is 0 Å². The molecule has 0 bridgehead atoms. The molecule has 0 radical (unpaired) electrons. The summed E-state index contributed by atoms with van der Waals surface area (Å²) in [4.78, 5) is 28.4. The number of aromatic nitrogens is 1. The number of nitrogens with zero attached hydrogens (tertiary/aromatic N) is 1. The standard InChI is InChI=1S/C18H19N3O3S/c1-18(2,3)21-15(22)10-19-16(23)12-8-9-13(24-12)17-20-11-6-4-5-7-14(11)25-17/h4-9H,10H2,1-3H3,(H,19,23)(H,21,22). The van der Waals surface area contributed by atoms with E-state index >= 15 is 0 Å². The van der Waals surface area contributed by atoms with Crippen LogP contribution < -0.4 is 10.6 Å². The minimum atomic E-state index is -0.434. The summed E-state index contributed by atoms with van der Waals surface area (Å²) in [6.45, 7) is 5.53. The lowest BCUT2D eigenvalue weighted by Gasteiger charge is -2.20. The highest BCUT2D eigenvalue weighted by Crippen LogP contribution is 2.31. The van der Waals surface area contributed by atoms with Gasteiger partial charge in [0.1, 0.15) is 0 Å². The number of rotatable bonds is 4. The van der Waals surface area contributed by atoms with Crippen molar-refractivity contribution in [1.82, 2.24) is 15.6 Å². The van der Waals surface area contributed by atoms with Gasteiger partial charge in [-0.2, -0.15) is 0 Å². The summed E-state index contributed by atoms with van der Waals surface area (Å²) in [6, 6.07) is 11.1. The van der Waals surface area contributed by atoms with Crippen molar-refractivity contribution in [2.24, 2.45) is 0 Å². The zero-order chi connectivity index (χ0) is 18.0. The van der Waals surface area contributed by atoms with Crippen LogP contribution in [0.2, 0.25) is 0 Å². The van der Waals surface area contributed by atoms with E-state index in [4.69, 9.17) is 4.42 Å². The fourth-order valence-corrected chi connectivity index (χ4v) is 3.19. The number of furan rings is 1. The number of amides is 2. The highest BCUT2D eigenvalue weighted by atomic mass is 32.1. The number of para-hydroxylation sites is 1. The first-order chi connectivity index (χ1) is 11.8. The third kappa shape index (κ3) is 4.24. The summed E-state index contributed by atoms with van der Waals surface area (Å²) in [7, 11) is 0. The second-order valence-electron chi connectivity index (χ2n) is 6.63. The molecule has 0 fully saturated rings. The molecule has 0 spiro atoms. The largest absolute Gasteiger partial charge is 0.448 e. The predicted molar refractivity (Wildman–Crippen MR) is 97.6 cm³/mol. The van der Waals surface area contributed by atoms with Gasteiger partial charge in [-0.15, -0.1) is 11.3 Å². The predicted octanol–water partition coefficient (Wildman–Crippen LogP) is 3.20. The molecule has 0 saturated heterocycles. The first-order valence-corrected chi connectivity index (χ1v) is 8.68. The van der Waals surface area contributed by atoms with E-state index in [-0.39, 0.29) is 23.8 Å². The summed E-state index contributed by atoms with van der Waals surface area (Å²) >= 11 is 1.50. The van der Waals surface area contributed by atoms with E-state index in [1.54, 1.807) is 12.1 Å². The third-order valence-electron chi connectivity index (χ3n) is 3.26. The molecule has 2 heterocycles. The Morgan fingerprint density at radius 1 is 1.16 bits per heavy atom. The number of benzene rings is 1. The van der Waals surface area contributed by atoms with Crippen molar-refractivity contribution >= 4 is 33.4 Å². The van der Waals surface area contributed by atoms with Crippen LogP contribution in [0.15, 0.2) is 40.8 Å². The van der Waals surface area contributed by atoms with E-state index in [9.17, 15) is 9.59 Å². The summed E-state index contributed by atoms with van der Waals surface area (Å²) in [6.07, 6.45) is 0. The van der Waals surface area contributed by atoms with Crippen LogP contribution in [0.5, 0.6) is 0 Å². The topological polar surface area (TPSA) is 84.2 Å². The van der Waals surface area contributed by atoms with Crippen molar-refractivity contribution in [2.75, 3.05) is 6.54 Å². The maximum Gasteiger partial charge on any atom is 0.287 e. The molecule has 3 aromatic rings. The lowest BCUT2D eigenvalue weighted by atomic mass is 10.1. The van der Waals surface area contributed by atoms with Gasteiger partial charge in [-0.1, -0.05) is 12.1 Å². The molecule has 1 aromatic carbocycles. The summed E-state index contributed by atoms with van der Waals surface area (Å²) in [5, 5.41) is 6.04. The lowest BCUT2D eigenvalue weighted by molar-refractivity contribution is -0.121. The molecule has 0 saturated carbocycles. The Balaban J connectivity index is 1.66. The number of hydrogen-bond acceptors (Lipinski definition) is 5. The molecule has 130 valence electrons. The molecule has 0 atom stereocenters. The van der Waals surface area contributed by atoms with Gasteiger partial charge in [0.15, 0.2) is 16.5 Å². The molecule has 7 heteroatoms. The Bertz CT molecular complexity index is 888. The van der Waals surface area contributed by atoms with Crippen LogP contribution in [0.3, 0.4) is 0 Å². The van der Waals surface area contributed by atoms with Crippen LogP contribution >= 0.6 is 11.3 Å². The molecule has 0 aliphatic rings. The first-order valence-electron chi connectivity index (χ1n) is 7.87. The van der Waals surface area contributed by atoms with Gasteiger partial charge in [-0.05, 0) is 45.0 Å². The van der Waals surface area contributed by atoms with E-state index in [1.165, 1.54) is 11.3 Å². The van der Waals surface area contributed by atoms with Crippen LogP contribution in [0.25, 0.3) is 21.0 Å². The Morgan fingerprint density at radius 2 is 1.92 bits per heavy atom. The van der Waals surface area contributed by atoms with Crippen molar-refractivity contribution in [3.63, 3.8) is 0 Å². The van der Waals surface area contributed by atoms with Gasteiger partial charge < -0.3 is 15.1 Å². The van der Waals surface area contributed by atoms with Crippen molar-refractivity contribution in [1.29, 1.82) is 0 Å². The Hall–Kier alpha value is -2.67. The molecular weight excluding hydrogens is 338 g/mol. The maximum atomic E-state index is 12.1. The minimum absolute atomic E-state index is 0.104. The van der Waals surface area contributed by atoms with Crippen LogP contribution in [-0.2, 0) is 4.79 Å². The number of nitrogens with one attached hydrogen (secondary N) is 2. The SMILES string of the molecule is CC(C)(C)NC(=O)CNC(=O)c1ccc(-c2nc3ccccc3s2)o1. The number of fused-ring (bicyclic) bond motifs is 1. The Labute approximate surface area is 149 Å². The fraction of sp³-hybridized carbons (Fsp3) is 0.278. The molecule has 6 nitrogen and oxygen atoms in total. The molecule has 3 rings (SSSR count). The zero-order valence-electron chi connectivity index (χ0n) is 14.3. The van der Waals surface area contributed by atoms with Gasteiger partial charge in [-0.3, -0.25) is 9.59 Å². The van der Waals surface area contributed by atoms with E-state index < -0.39 is 5.91 Å². The second-order valence-corrected chi connectivity index (χ2v) is 7.66. The average molecular weight is 357 g/mol. The molecule has 2 amide bonds. The van der Waals surface area contributed by atoms with Crippen LogP contribution in [-0.4, -0.2) is 28.9 Å². The van der Waals surface area contributed by atoms with Gasteiger partial charge in [0, 0.05) is 5.54 Å². The molecular formula is C18H19N3O3S. The van der Waals surface area contributed by atoms with E-state index in [2.05, 4.69) is 15.6 Å². The first kappa shape index (κ1) is 17.2. The third-order valence-corrected chi connectivity index (χ3v) is 4.31. The van der Waals surface area contributed by atoms with Gasteiger partial charge in [0.05, 0.1) is 16.8 Å². The van der Waals surface area contributed by atoms with E-state index in [1.807, 2.05) is 45.0 Å². The summed E-state index contributed by atoms with van der Waals surface area (Å²) < 4.78 is 6.65. The van der Waals surface area contributed by atoms with Gasteiger partial charge in [0.2, 0.25) is 5.91 Å². The second kappa shape index (κ2) is 6.68. The number of hydrogen-bond donors (Lipinski definition) is 2. The maximum absolute atomic E-state index is 12.1. The van der Waals surface area contributed by atoms with E-state index in [0.29, 0.717) is 10.8 Å². The zero-order valence-corrected chi connectivity index (χ0v) is 15.1. The number of carbonyl (C=O) groups is 2. The molecule has 0 aliphatic heterocycles. The summed E-state index contributed by atoms with van der Waals surface area (Å²) in [5.74, 6) is -0.00136. The van der Waals surface area contributed by atoms with Crippen LogP contribution in [0.1, 0.15) is 31.3 Å². The highest BCUT2D eigenvalue weighted by molar-refractivity contribution is 7.21.